The van der Waals surface area contributed by atoms with Gasteiger partial charge in [0.15, 0.2) is 5.78 Å². The van der Waals surface area contributed by atoms with Crippen LogP contribution in [0.3, 0.4) is 0 Å². The highest BCUT2D eigenvalue weighted by molar-refractivity contribution is 7.99. The van der Waals surface area contributed by atoms with Crippen LogP contribution in [0.4, 0.5) is 4.79 Å². The summed E-state index contributed by atoms with van der Waals surface area (Å²) in [5, 5.41) is 5.51. The number of alkyl carbamates (subject to hydrolysis) is 1. The van der Waals surface area contributed by atoms with Crippen LogP contribution in [0.15, 0.2) is 30.3 Å². The number of thioether (sulfide) groups is 1. The average molecular weight is 423 g/mol. The van der Waals surface area contributed by atoms with E-state index in [9.17, 15) is 14.4 Å². The molecule has 2 unspecified atom stereocenters. The van der Waals surface area contributed by atoms with Crippen molar-refractivity contribution in [3.05, 3.63) is 35.9 Å². The number of carbonyl (C=O) groups excluding carboxylic acids is 3. The number of carbonyl (C=O) groups is 3. The van der Waals surface area contributed by atoms with Crippen LogP contribution in [-0.2, 0) is 20.9 Å². The molecule has 162 valence electrons. The first-order valence-corrected chi connectivity index (χ1v) is 11.6. The lowest BCUT2D eigenvalue weighted by atomic mass is 10.0. The molecule has 0 heterocycles. The number of unbranched alkanes of at least 4 members (excludes halogenated alkanes) is 1. The Labute approximate surface area is 178 Å². The summed E-state index contributed by atoms with van der Waals surface area (Å²) in [6.45, 7) is 6.13. The van der Waals surface area contributed by atoms with Crippen molar-refractivity contribution < 1.29 is 19.1 Å². The third kappa shape index (κ3) is 10.4. The van der Waals surface area contributed by atoms with Gasteiger partial charge in [-0.2, -0.15) is 11.8 Å². The maximum Gasteiger partial charge on any atom is 0.408 e. The van der Waals surface area contributed by atoms with Gasteiger partial charge in [0.1, 0.15) is 12.6 Å². The van der Waals surface area contributed by atoms with Crippen LogP contribution in [-0.4, -0.2) is 41.9 Å². The van der Waals surface area contributed by atoms with Crippen LogP contribution in [0.1, 0.15) is 52.0 Å². The molecule has 0 aromatic heterocycles. The van der Waals surface area contributed by atoms with Gasteiger partial charge in [-0.25, -0.2) is 4.79 Å². The summed E-state index contributed by atoms with van der Waals surface area (Å²) in [7, 11) is 0. The molecule has 2 N–H and O–H groups in total. The van der Waals surface area contributed by atoms with Crippen LogP contribution in [0, 0.1) is 5.92 Å². The number of nitrogens with one attached hydrogen (secondary N) is 2. The predicted octanol–water partition coefficient (Wildman–Crippen LogP) is 3.93. The van der Waals surface area contributed by atoms with Gasteiger partial charge in [-0.3, -0.25) is 9.59 Å². The topological polar surface area (TPSA) is 84.5 Å². The Balaban J connectivity index is 2.71. The Morgan fingerprint density at radius 3 is 2.34 bits per heavy atom. The van der Waals surface area contributed by atoms with Crippen molar-refractivity contribution in [3.63, 3.8) is 0 Å². The van der Waals surface area contributed by atoms with E-state index >= 15 is 0 Å². The van der Waals surface area contributed by atoms with Crippen molar-refractivity contribution in [1.29, 1.82) is 0 Å². The normalized spacial score (nSPS) is 12.9. The molecule has 1 rings (SSSR count). The number of ketones is 1. The lowest BCUT2D eigenvalue weighted by molar-refractivity contribution is -0.128. The maximum absolute atomic E-state index is 12.8. The van der Waals surface area contributed by atoms with Crippen LogP contribution in [0.2, 0.25) is 0 Å². The second-order valence-corrected chi connectivity index (χ2v) is 8.36. The monoisotopic (exact) mass is 422 g/mol. The van der Waals surface area contributed by atoms with Gasteiger partial charge in [0.2, 0.25) is 5.91 Å². The summed E-state index contributed by atoms with van der Waals surface area (Å²) in [5.41, 5.74) is 0.870. The van der Waals surface area contributed by atoms with Crippen LogP contribution >= 0.6 is 11.8 Å². The SMILES string of the molecule is CCCCC(NC(=O)C(CC(C)C)NC(=O)OCc1ccccc1)C(=O)CSC. The molecular formula is C22H34N2O4S. The average Bonchev–Trinajstić information content (AvgIpc) is 2.69. The van der Waals surface area contributed by atoms with Gasteiger partial charge >= 0.3 is 6.09 Å². The first kappa shape index (κ1) is 25.0. The van der Waals surface area contributed by atoms with E-state index in [1.807, 2.05) is 57.4 Å². The fourth-order valence-electron chi connectivity index (χ4n) is 2.85. The number of amides is 2. The Hall–Kier alpha value is -2.02. The first-order chi connectivity index (χ1) is 13.9. The molecule has 6 nitrogen and oxygen atoms in total. The van der Waals surface area contributed by atoms with E-state index in [1.54, 1.807) is 0 Å². The molecule has 0 aliphatic rings. The van der Waals surface area contributed by atoms with E-state index in [4.69, 9.17) is 4.74 Å². The number of rotatable bonds is 13. The van der Waals surface area contributed by atoms with Crippen molar-refractivity contribution in [1.82, 2.24) is 10.6 Å². The van der Waals surface area contributed by atoms with E-state index in [2.05, 4.69) is 10.6 Å². The molecule has 0 bridgehead atoms. The molecule has 0 saturated heterocycles. The Kier molecular flexibility index (Phi) is 12.1. The predicted molar refractivity (Wildman–Crippen MR) is 118 cm³/mol. The third-order valence-electron chi connectivity index (χ3n) is 4.37. The fourth-order valence-corrected chi connectivity index (χ4v) is 3.33. The van der Waals surface area contributed by atoms with Crippen LogP contribution in [0.25, 0.3) is 0 Å². The maximum atomic E-state index is 12.8. The molecule has 0 aliphatic carbocycles. The minimum Gasteiger partial charge on any atom is -0.445 e. The summed E-state index contributed by atoms with van der Waals surface area (Å²) in [4.78, 5) is 37.4. The zero-order valence-corrected chi connectivity index (χ0v) is 18.7. The Morgan fingerprint density at radius 1 is 1.07 bits per heavy atom. The van der Waals surface area contributed by atoms with Crippen molar-refractivity contribution in [3.8, 4) is 0 Å². The standard InChI is InChI=1S/C22H34N2O4S/c1-5-6-12-18(20(25)15-29-4)23-21(26)19(13-16(2)3)24-22(27)28-14-17-10-8-7-9-11-17/h7-11,16,18-19H,5-6,12-15H2,1-4H3,(H,23,26)(H,24,27). The van der Waals surface area contributed by atoms with Gasteiger partial charge in [-0.05, 0) is 30.6 Å². The molecule has 7 heteroatoms. The van der Waals surface area contributed by atoms with Gasteiger partial charge in [-0.15, -0.1) is 0 Å². The first-order valence-electron chi connectivity index (χ1n) is 10.2. The molecule has 0 radical (unpaired) electrons. The number of Topliss-reactive ketones (excluding diaryl/α,β-unsaturated/α-hetero) is 1. The molecule has 0 aliphatic heterocycles. The summed E-state index contributed by atoms with van der Waals surface area (Å²) < 4.78 is 5.25. The zero-order chi connectivity index (χ0) is 21.6. The molecule has 1 aromatic rings. The van der Waals surface area contributed by atoms with Gasteiger partial charge < -0.3 is 15.4 Å². The number of ether oxygens (including phenoxy) is 1. The minimum atomic E-state index is -0.746. The van der Waals surface area contributed by atoms with E-state index in [-0.39, 0.29) is 24.2 Å². The van der Waals surface area contributed by atoms with Gasteiger partial charge in [0.05, 0.1) is 11.8 Å². The summed E-state index contributed by atoms with van der Waals surface area (Å²) in [5.74, 6) is 0.215. The van der Waals surface area contributed by atoms with Crippen molar-refractivity contribution in [2.75, 3.05) is 12.0 Å². The minimum absolute atomic E-state index is 0.00857. The second kappa shape index (κ2) is 14.0. The van der Waals surface area contributed by atoms with E-state index < -0.39 is 18.2 Å². The third-order valence-corrected chi connectivity index (χ3v) is 4.94. The summed E-state index contributed by atoms with van der Waals surface area (Å²) in [6, 6.07) is 8.08. The molecule has 0 saturated carbocycles. The Morgan fingerprint density at radius 2 is 1.76 bits per heavy atom. The largest absolute Gasteiger partial charge is 0.445 e. The molecule has 2 amide bonds. The molecule has 29 heavy (non-hydrogen) atoms. The van der Waals surface area contributed by atoms with Gasteiger partial charge in [0, 0.05) is 0 Å². The van der Waals surface area contributed by atoms with Crippen LogP contribution < -0.4 is 10.6 Å². The number of benzene rings is 1. The molecule has 0 fully saturated rings. The van der Waals surface area contributed by atoms with E-state index in [0.717, 1.165) is 18.4 Å². The van der Waals surface area contributed by atoms with Crippen LogP contribution in [0.5, 0.6) is 0 Å². The van der Waals surface area contributed by atoms with Gasteiger partial charge in [-0.1, -0.05) is 63.9 Å². The smallest absolute Gasteiger partial charge is 0.408 e. The van der Waals surface area contributed by atoms with E-state index in [0.29, 0.717) is 18.6 Å². The number of hydrogen-bond donors (Lipinski definition) is 2. The number of hydrogen-bond acceptors (Lipinski definition) is 5. The fraction of sp³-hybridized carbons (Fsp3) is 0.591. The quantitative estimate of drug-likeness (QED) is 0.503. The Bertz CT molecular complexity index is 637. The van der Waals surface area contributed by atoms with Crippen molar-refractivity contribution in [2.24, 2.45) is 5.92 Å². The van der Waals surface area contributed by atoms with E-state index in [1.165, 1.54) is 11.8 Å². The van der Waals surface area contributed by atoms with Gasteiger partial charge in [0.25, 0.3) is 0 Å². The molecule has 0 spiro atoms. The highest BCUT2D eigenvalue weighted by atomic mass is 32.2. The summed E-state index contributed by atoms with van der Waals surface area (Å²) in [6.07, 6.45) is 4.08. The molecular weight excluding hydrogens is 388 g/mol. The lowest BCUT2D eigenvalue weighted by Gasteiger charge is -2.23. The molecule has 1 aromatic carbocycles. The van der Waals surface area contributed by atoms with Crippen molar-refractivity contribution in [2.45, 2.75) is 65.1 Å². The highest BCUT2D eigenvalue weighted by Gasteiger charge is 2.27. The lowest BCUT2D eigenvalue weighted by Crippen LogP contribution is -2.52. The molecule has 2 atom stereocenters. The second-order valence-electron chi connectivity index (χ2n) is 7.49. The summed E-state index contributed by atoms with van der Waals surface area (Å²) >= 11 is 1.44. The van der Waals surface area contributed by atoms with Crippen molar-refractivity contribution >= 4 is 29.5 Å². The zero-order valence-electron chi connectivity index (χ0n) is 17.9. The highest BCUT2D eigenvalue weighted by Crippen LogP contribution is 2.10.